The van der Waals surface area contributed by atoms with Crippen LogP contribution in [-0.2, 0) is 4.79 Å². The van der Waals surface area contributed by atoms with Crippen LogP contribution in [0.25, 0.3) is 0 Å². The molecule has 0 aliphatic rings. The van der Waals surface area contributed by atoms with Gasteiger partial charge in [0.05, 0.1) is 12.2 Å². The average Bonchev–Trinajstić information content (AvgIpc) is 2.51. The Kier molecular flexibility index (Phi) is 4.26. The highest BCUT2D eigenvalue weighted by atomic mass is 16.5. The van der Waals surface area contributed by atoms with Crippen LogP contribution in [0.5, 0.6) is 0 Å². The predicted octanol–water partition coefficient (Wildman–Crippen LogP) is -0.188. The van der Waals surface area contributed by atoms with Gasteiger partial charge in [-0.15, -0.1) is 0 Å². The van der Waals surface area contributed by atoms with Crippen molar-refractivity contribution in [3.05, 3.63) is 11.8 Å². The van der Waals surface area contributed by atoms with Crippen molar-refractivity contribution in [2.24, 2.45) is 5.73 Å². The van der Waals surface area contributed by atoms with Crippen molar-refractivity contribution in [1.82, 2.24) is 10.1 Å². The molecule has 1 aromatic rings. The van der Waals surface area contributed by atoms with E-state index in [1.807, 2.05) is 11.9 Å². The fourth-order valence-corrected chi connectivity index (χ4v) is 1.14. The fraction of sp³-hybridized carbons (Fsp3) is 0.556. The number of nitrogens with one attached hydrogen (secondary N) is 1. The summed E-state index contributed by atoms with van der Waals surface area (Å²) in [4.78, 5) is 13.3. The third-order valence-corrected chi connectivity index (χ3v) is 1.81. The monoisotopic (exact) mass is 212 g/mol. The maximum Gasteiger partial charge on any atom is 0.240 e. The topological polar surface area (TPSA) is 84.4 Å². The molecular weight excluding hydrogens is 196 g/mol. The summed E-state index contributed by atoms with van der Waals surface area (Å²) < 4.78 is 4.85. The van der Waals surface area contributed by atoms with E-state index in [2.05, 4.69) is 10.5 Å². The Morgan fingerprint density at radius 1 is 1.73 bits per heavy atom. The normalized spacial score (nSPS) is 10.7. The number of hydrogen-bond donors (Lipinski definition) is 2. The zero-order valence-corrected chi connectivity index (χ0v) is 8.99. The van der Waals surface area contributed by atoms with Crippen LogP contribution in [0.15, 0.2) is 10.6 Å². The van der Waals surface area contributed by atoms with E-state index in [1.54, 1.807) is 13.0 Å². The van der Waals surface area contributed by atoms with Gasteiger partial charge in [0, 0.05) is 19.2 Å². The van der Waals surface area contributed by atoms with Crippen LogP contribution >= 0.6 is 0 Å². The molecule has 6 nitrogen and oxygen atoms in total. The lowest BCUT2D eigenvalue weighted by molar-refractivity contribution is -0.117. The van der Waals surface area contributed by atoms with Crippen LogP contribution < -0.4 is 11.1 Å². The van der Waals surface area contributed by atoms with E-state index in [0.717, 1.165) is 5.69 Å². The van der Waals surface area contributed by atoms with Crippen molar-refractivity contribution in [3.63, 3.8) is 0 Å². The Labute approximate surface area is 88.4 Å². The minimum atomic E-state index is -0.137. The molecule has 0 radical (unpaired) electrons. The fourth-order valence-electron chi connectivity index (χ4n) is 1.14. The smallest absolute Gasteiger partial charge is 0.240 e. The first-order valence-electron chi connectivity index (χ1n) is 4.73. The van der Waals surface area contributed by atoms with E-state index in [0.29, 0.717) is 19.0 Å². The van der Waals surface area contributed by atoms with Gasteiger partial charge in [0.2, 0.25) is 11.8 Å². The van der Waals surface area contributed by atoms with Gasteiger partial charge < -0.3 is 10.3 Å². The third kappa shape index (κ3) is 4.09. The first-order chi connectivity index (χ1) is 7.11. The Hall–Kier alpha value is -1.40. The highest BCUT2D eigenvalue weighted by Gasteiger charge is 2.08. The summed E-state index contributed by atoms with van der Waals surface area (Å²) in [5.74, 6) is 0.237. The van der Waals surface area contributed by atoms with Crippen LogP contribution in [0.1, 0.15) is 5.69 Å². The highest BCUT2D eigenvalue weighted by Crippen LogP contribution is 2.07. The molecule has 1 rings (SSSR count). The molecule has 1 aromatic heterocycles. The van der Waals surface area contributed by atoms with Crippen LogP contribution in [0, 0.1) is 6.92 Å². The number of amides is 1. The number of anilines is 1. The van der Waals surface area contributed by atoms with Gasteiger partial charge in [0.1, 0.15) is 0 Å². The molecule has 1 amide bonds. The molecule has 15 heavy (non-hydrogen) atoms. The number of aromatic nitrogens is 1. The van der Waals surface area contributed by atoms with Gasteiger partial charge in [0.25, 0.3) is 0 Å². The van der Waals surface area contributed by atoms with Gasteiger partial charge in [-0.25, -0.2) is 0 Å². The van der Waals surface area contributed by atoms with Crippen molar-refractivity contribution < 1.29 is 9.32 Å². The Morgan fingerprint density at radius 2 is 2.47 bits per heavy atom. The van der Waals surface area contributed by atoms with E-state index in [9.17, 15) is 4.79 Å². The van der Waals surface area contributed by atoms with Gasteiger partial charge in [-0.2, -0.15) is 0 Å². The summed E-state index contributed by atoms with van der Waals surface area (Å²) in [6, 6.07) is 1.67. The molecule has 0 unspecified atom stereocenters. The number of rotatable bonds is 5. The quantitative estimate of drug-likeness (QED) is 0.706. The summed E-state index contributed by atoms with van der Waals surface area (Å²) >= 11 is 0. The SMILES string of the molecule is Cc1cc(NC(=O)CN(C)CCN)on1. The number of carbonyl (C=O) groups is 1. The zero-order valence-electron chi connectivity index (χ0n) is 8.99. The average molecular weight is 212 g/mol. The lowest BCUT2D eigenvalue weighted by Gasteiger charge is -2.13. The minimum absolute atomic E-state index is 0.137. The molecule has 0 aliphatic carbocycles. The molecule has 6 heteroatoms. The number of aryl methyl sites for hydroxylation is 1. The van der Waals surface area contributed by atoms with Crippen LogP contribution in [0.2, 0.25) is 0 Å². The van der Waals surface area contributed by atoms with Crippen LogP contribution in [-0.4, -0.2) is 42.6 Å². The van der Waals surface area contributed by atoms with Gasteiger partial charge in [0.15, 0.2) is 0 Å². The molecule has 84 valence electrons. The van der Waals surface area contributed by atoms with Crippen LogP contribution in [0.4, 0.5) is 5.88 Å². The van der Waals surface area contributed by atoms with Crippen molar-refractivity contribution in [3.8, 4) is 0 Å². The molecule has 0 spiro atoms. The van der Waals surface area contributed by atoms with E-state index < -0.39 is 0 Å². The standard InChI is InChI=1S/C9H16N4O2/c1-7-5-9(15-12-7)11-8(14)6-13(2)4-3-10/h5H,3-4,6,10H2,1-2H3,(H,11,14). The van der Waals surface area contributed by atoms with Gasteiger partial charge >= 0.3 is 0 Å². The highest BCUT2D eigenvalue weighted by molar-refractivity contribution is 5.90. The van der Waals surface area contributed by atoms with E-state index in [1.165, 1.54) is 0 Å². The molecule has 0 saturated carbocycles. The summed E-state index contributed by atoms with van der Waals surface area (Å²) in [5.41, 5.74) is 6.10. The molecule has 0 saturated heterocycles. The summed E-state index contributed by atoms with van der Waals surface area (Å²) in [5, 5.41) is 6.26. The van der Waals surface area contributed by atoms with E-state index in [4.69, 9.17) is 10.3 Å². The molecule has 0 atom stereocenters. The second-order valence-corrected chi connectivity index (χ2v) is 3.41. The van der Waals surface area contributed by atoms with Crippen LogP contribution in [0.3, 0.4) is 0 Å². The van der Waals surface area contributed by atoms with Gasteiger partial charge in [-0.1, -0.05) is 5.16 Å². The van der Waals surface area contributed by atoms with Crippen molar-refractivity contribution >= 4 is 11.8 Å². The number of carbonyl (C=O) groups excluding carboxylic acids is 1. The third-order valence-electron chi connectivity index (χ3n) is 1.81. The first-order valence-corrected chi connectivity index (χ1v) is 4.73. The van der Waals surface area contributed by atoms with Crippen molar-refractivity contribution in [2.45, 2.75) is 6.92 Å². The molecular formula is C9H16N4O2. The lowest BCUT2D eigenvalue weighted by atomic mass is 10.4. The van der Waals surface area contributed by atoms with Crippen molar-refractivity contribution in [1.29, 1.82) is 0 Å². The molecule has 0 aromatic carbocycles. The van der Waals surface area contributed by atoms with Gasteiger partial charge in [-0.3, -0.25) is 15.0 Å². The second-order valence-electron chi connectivity index (χ2n) is 3.41. The van der Waals surface area contributed by atoms with Crippen molar-refractivity contribution in [2.75, 3.05) is 32.0 Å². The van der Waals surface area contributed by atoms with E-state index >= 15 is 0 Å². The maximum absolute atomic E-state index is 11.4. The zero-order chi connectivity index (χ0) is 11.3. The van der Waals surface area contributed by atoms with Gasteiger partial charge in [-0.05, 0) is 14.0 Å². The molecule has 3 N–H and O–H groups in total. The lowest BCUT2D eigenvalue weighted by Crippen LogP contribution is -2.33. The maximum atomic E-state index is 11.4. The predicted molar refractivity (Wildman–Crippen MR) is 56.4 cm³/mol. The summed E-state index contributed by atoms with van der Waals surface area (Å²) in [7, 11) is 1.83. The first kappa shape index (κ1) is 11.7. The van der Waals surface area contributed by atoms with E-state index in [-0.39, 0.29) is 12.5 Å². The summed E-state index contributed by atoms with van der Waals surface area (Å²) in [6.07, 6.45) is 0. The molecule has 1 heterocycles. The summed E-state index contributed by atoms with van der Waals surface area (Å²) in [6.45, 7) is 3.30. The Balaban J connectivity index is 2.36. The molecule has 0 bridgehead atoms. The Morgan fingerprint density at radius 3 is 3.00 bits per heavy atom. The molecule has 0 fully saturated rings. The Bertz CT molecular complexity index is 324. The molecule has 0 aliphatic heterocycles. The number of nitrogens with zero attached hydrogens (tertiary/aromatic N) is 2. The minimum Gasteiger partial charge on any atom is -0.338 e. The number of nitrogens with two attached hydrogens (primary N) is 1. The largest absolute Gasteiger partial charge is 0.338 e. The second kappa shape index (κ2) is 5.47. The number of hydrogen-bond acceptors (Lipinski definition) is 5. The number of likely N-dealkylation sites (N-methyl/N-ethyl adjacent to an activating group) is 1.